The number of aromatic nitrogens is 3. The van der Waals surface area contributed by atoms with Gasteiger partial charge in [0.25, 0.3) is 0 Å². The van der Waals surface area contributed by atoms with E-state index in [4.69, 9.17) is 9.73 Å². The molecule has 2 N–H and O–H groups in total. The van der Waals surface area contributed by atoms with Crippen LogP contribution < -0.4 is 10.6 Å². The third-order valence-corrected chi connectivity index (χ3v) is 5.53. The van der Waals surface area contributed by atoms with Gasteiger partial charge in [0.05, 0.1) is 6.10 Å². The Labute approximate surface area is 144 Å². The summed E-state index contributed by atoms with van der Waals surface area (Å²) in [6.07, 6.45) is 8.20. The van der Waals surface area contributed by atoms with Crippen LogP contribution in [0.2, 0.25) is 0 Å². The van der Waals surface area contributed by atoms with Gasteiger partial charge in [-0.3, -0.25) is 4.68 Å². The molecule has 2 atom stereocenters. The van der Waals surface area contributed by atoms with Crippen molar-refractivity contribution in [2.24, 2.45) is 17.5 Å². The molecular weight excluding hydrogens is 304 g/mol. The zero-order valence-corrected chi connectivity index (χ0v) is 15.1. The summed E-state index contributed by atoms with van der Waals surface area (Å²) in [4.78, 5) is 8.93. The fourth-order valence-corrected chi connectivity index (χ4v) is 4.19. The maximum Gasteiger partial charge on any atom is 0.191 e. The Morgan fingerprint density at radius 3 is 2.83 bits per heavy atom. The van der Waals surface area contributed by atoms with E-state index in [-0.39, 0.29) is 0 Å². The predicted octanol–water partition coefficient (Wildman–Crippen LogP) is 1.61. The molecule has 7 nitrogen and oxygen atoms in total. The lowest BCUT2D eigenvalue weighted by Gasteiger charge is -2.54. The molecule has 2 aliphatic carbocycles. The molecule has 2 unspecified atom stereocenters. The van der Waals surface area contributed by atoms with E-state index in [9.17, 15) is 0 Å². The van der Waals surface area contributed by atoms with Gasteiger partial charge < -0.3 is 15.4 Å². The Morgan fingerprint density at radius 1 is 1.42 bits per heavy atom. The Bertz CT molecular complexity index is 563. The summed E-state index contributed by atoms with van der Waals surface area (Å²) < 4.78 is 7.76. The highest BCUT2D eigenvalue weighted by Gasteiger charge is 2.56. The zero-order chi connectivity index (χ0) is 17.0. The number of nitrogens with zero attached hydrogens (tertiary/aromatic N) is 4. The van der Waals surface area contributed by atoms with Crippen LogP contribution in [-0.2, 0) is 18.3 Å². The van der Waals surface area contributed by atoms with Gasteiger partial charge in [-0.05, 0) is 33.1 Å². The van der Waals surface area contributed by atoms with Crippen LogP contribution in [0.15, 0.2) is 11.3 Å². The Balaban J connectivity index is 1.66. The first-order valence-corrected chi connectivity index (χ1v) is 9.19. The Hall–Kier alpha value is -1.63. The van der Waals surface area contributed by atoms with E-state index in [0.717, 1.165) is 31.4 Å². The Kier molecular flexibility index (Phi) is 5.38. The topological polar surface area (TPSA) is 76.4 Å². The summed E-state index contributed by atoms with van der Waals surface area (Å²) in [5.41, 5.74) is 0.303. The first kappa shape index (κ1) is 17.2. The number of aliphatic imine (C=N–C) groups is 1. The van der Waals surface area contributed by atoms with Crippen molar-refractivity contribution in [1.82, 2.24) is 25.4 Å². The van der Waals surface area contributed by atoms with Gasteiger partial charge >= 0.3 is 0 Å². The first-order chi connectivity index (χ1) is 11.7. The second kappa shape index (κ2) is 7.51. The predicted molar refractivity (Wildman–Crippen MR) is 93.7 cm³/mol. The van der Waals surface area contributed by atoms with Gasteiger partial charge in [-0.15, -0.1) is 0 Å². The van der Waals surface area contributed by atoms with Crippen molar-refractivity contribution in [3.05, 3.63) is 12.2 Å². The second-order valence-corrected chi connectivity index (χ2v) is 6.81. The van der Waals surface area contributed by atoms with Gasteiger partial charge in [0.15, 0.2) is 5.96 Å². The minimum atomic E-state index is 0.303. The highest BCUT2D eigenvalue weighted by molar-refractivity contribution is 5.80. The summed E-state index contributed by atoms with van der Waals surface area (Å²) in [5, 5.41) is 11.1. The van der Waals surface area contributed by atoms with Crippen LogP contribution in [0, 0.1) is 5.41 Å². The SMILES string of the molecule is CCNC(=NCc1ncnn1C)NC1CC(OCC)C12CCCC2. The van der Waals surface area contributed by atoms with Crippen molar-refractivity contribution in [3.63, 3.8) is 0 Å². The van der Waals surface area contributed by atoms with Crippen molar-refractivity contribution < 1.29 is 4.74 Å². The van der Waals surface area contributed by atoms with E-state index in [1.165, 1.54) is 25.7 Å². The van der Waals surface area contributed by atoms with Crippen molar-refractivity contribution in [3.8, 4) is 0 Å². The maximum atomic E-state index is 6.00. The molecule has 1 spiro atoms. The van der Waals surface area contributed by atoms with Crippen LogP contribution in [0.3, 0.4) is 0 Å². The molecule has 0 amide bonds. The molecule has 7 heteroatoms. The van der Waals surface area contributed by atoms with Gasteiger partial charge in [0.2, 0.25) is 0 Å². The van der Waals surface area contributed by atoms with Gasteiger partial charge in [0.1, 0.15) is 18.7 Å². The van der Waals surface area contributed by atoms with E-state index < -0.39 is 0 Å². The fourth-order valence-electron chi connectivity index (χ4n) is 4.19. The highest BCUT2D eigenvalue weighted by Crippen LogP contribution is 2.54. The molecule has 0 saturated heterocycles. The molecule has 2 fully saturated rings. The molecule has 1 heterocycles. The normalized spacial score (nSPS) is 25.7. The maximum absolute atomic E-state index is 6.00. The van der Waals surface area contributed by atoms with Gasteiger partial charge in [-0.1, -0.05) is 12.8 Å². The van der Waals surface area contributed by atoms with Crippen molar-refractivity contribution in [1.29, 1.82) is 0 Å². The molecular formula is C17H30N6O. The van der Waals surface area contributed by atoms with E-state index in [0.29, 0.717) is 24.1 Å². The minimum absolute atomic E-state index is 0.303. The van der Waals surface area contributed by atoms with Crippen molar-refractivity contribution in [2.45, 2.75) is 64.6 Å². The minimum Gasteiger partial charge on any atom is -0.378 e. The lowest BCUT2D eigenvalue weighted by atomic mass is 9.60. The smallest absolute Gasteiger partial charge is 0.191 e. The lowest BCUT2D eigenvalue weighted by molar-refractivity contribution is -0.125. The van der Waals surface area contributed by atoms with Crippen LogP contribution in [0.25, 0.3) is 0 Å². The molecule has 0 aromatic carbocycles. The summed E-state index contributed by atoms with van der Waals surface area (Å²) in [5.74, 6) is 1.73. The van der Waals surface area contributed by atoms with E-state index >= 15 is 0 Å². The van der Waals surface area contributed by atoms with Gasteiger partial charge in [-0.2, -0.15) is 5.10 Å². The standard InChI is InChI=1S/C17H30N6O/c1-4-18-16(19-11-15-20-12-21-23(15)3)22-13-10-14(24-5-2)17(13)8-6-7-9-17/h12-14H,4-11H2,1-3H3,(H2,18,19,22). The monoisotopic (exact) mass is 334 g/mol. The molecule has 0 radical (unpaired) electrons. The molecule has 3 rings (SSSR count). The molecule has 24 heavy (non-hydrogen) atoms. The fraction of sp³-hybridized carbons (Fsp3) is 0.824. The van der Waals surface area contributed by atoms with Crippen LogP contribution >= 0.6 is 0 Å². The van der Waals surface area contributed by atoms with Gasteiger partial charge in [-0.25, -0.2) is 9.98 Å². The van der Waals surface area contributed by atoms with E-state index in [2.05, 4.69) is 34.6 Å². The van der Waals surface area contributed by atoms with Crippen molar-refractivity contribution in [2.75, 3.05) is 13.2 Å². The number of aryl methyl sites for hydroxylation is 1. The largest absolute Gasteiger partial charge is 0.378 e. The second-order valence-electron chi connectivity index (χ2n) is 6.81. The number of ether oxygens (including phenoxy) is 1. The average Bonchev–Trinajstić information content (AvgIpc) is 3.22. The van der Waals surface area contributed by atoms with Crippen LogP contribution in [0.1, 0.15) is 51.8 Å². The number of guanidine groups is 1. The third kappa shape index (κ3) is 3.27. The van der Waals surface area contributed by atoms with Crippen LogP contribution in [-0.4, -0.2) is 46.0 Å². The average molecular weight is 334 g/mol. The van der Waals surface area contributed by atoms with Gasteiger partial charge in [0, 0.05) is 31.7 Å². The highest BCUT2D eigenvalue weighted by atomic mass is 16.5. The van der Waals surface area contributed by atoms with E-state index in [1.807, 2.05) is 7.05 Å². The zero-order valence-electron chi connectivity index (χ0n) is 15.1. The van der Waals surface area contributed by atoms with Crippen LogP contribution in [0.5, 0.6) is 0 Å². The molecule has 134 valence electrons. The number of hydrogen-bond acceptors (Lipinski definition) is 4. The lowest BCUT2D eigenvalue weighted by Crippen LogP contribution is -2.65. The number of rotatable bonds is 6. The molecule has 0 aliphatic heterocycles. The van der Waals surface area contributed by atoms with E-state index in [1.54, 1.807) is 11.0 Å². The number of hydrogen-bond donors (Lipinski definition) is 2. The van der Waals surface area contributed by atoms with Crippen LogP contribution in [0.4, 0.5) is 0 Å². The molecule has 2 aliphatic rings. The molecule has 0 bridgehead atoms. The quantitative estimate of drug-likeness (QED) is 0.610. The summed E-state index contributed by atoms with van der Waals surface area (Å²) >= 11 is 0. The summed E-state index contributed by atoms with van der Waals surface area (Å²) in [6.45, 7) is 6.36. The summed E-state index contributed by atoms with van der Waals surface area (Å²) in [7, 11) is 1.89. The third-order valence-electron chi connectivity index (χ3n) is 5.53. The summed E-state index contributed by atoms with van der Waals surface area (Å²) in [6, 6.07) is 0.453. The molecule has 1 aromatic heterocycles. The molecule has 1 aromatic rings. The molecule has 2 saturated carbocycles. The Morgan fingerprint density at radius 2 is 2.21 bits per heavy atom. The number of nitrogens with one attached hydrogen (secondary N) is 2. The van der Waals surface area contributed by atoms with Crippen molar-refractivity contribution >= 4 is 5.96 Å². The first-order valence-electron chi connectivity index (χ1n) is 9.19.